The van der Waals surface area contributed by atoms with Crippen LogP contribution in [-0.4, -0.2) is 63.1 Å². The van der Waals surface area contributed by atoms with Crippen molar-refractivity contribution >= 4 is 54.8 Å². The molecule has 0 saturated carbocycles. The van der Waals surface area contributed by atoms with Gasteiger partial charge in [-0.25, -0.2) is 8.42 Å². The van der Waals surface area contributed by atoms with E-state index in [0.717, 1.165) is 11.3 Å². The molecular formula is C21H23N3O7S3. The van der Waals surface area contributed by atoms with E-state index in [1.54, 1.807) is 28.1 Å². The summed E-state index contributed by atoms with van der Waals surface area (Å²) < 4.78 is 45.3. The zero-order chi connectivity index (χ0) is 24.5. The van der Waals surface area contributed by atoms with E-state index in [-0.39, 0.29) is 22.1 Å². The van der Waals surface area contributed by atoms with Crippen LogP contribution in [0.2, 0.25) is 0 Å². The third kappa shape index (κ3) is 4.48. The van der Waals surface area contributed by atoms with Crippen molar-refractivity contribution in [3.05, 3.63) is 34.4 Å². The number of thiophene rings is 1. The summed E-state index contributed by atoms with van der Waals surface area (Å²) in [6, 6.07) is 5.70. The highest BCUT2D eigenvalue weighted by Gasteiger charge is 2.40. The SMILES string of the molecule is COC(=O)Cn1c(=NC(=O)C2CCCN2S(=O)(=O)c2cccs2)sc2cc(OC)c(OC)cc21. The van der Waals surface area contributed by atoms with Crippen molar-refractivity contribution in [1.82, 2.24) is 8.87 Å². The van der Waals surface area contributed by atoms with Gasteiger partial charge in [0.05, 0.1) is 31.5 Å². The second-order valence-electron chi connectivity index (χ2n) is 7.38. The van der Waals surface area contributed by atoms with Gasteiger partial charge in [-0.2, -0.15) is 9.30 Å². The average molecular weight is 526 g/mol. The van der Waals surface area contributed by atoms with Crippen LogP contribution in [0, 0.1) is 0 Å². The molecule has 0 bridgehead atoms. The second kappa shape index (κ2) is 9.86. The Morgan fingerprint density at radius 3 is 2.56 bits per heavy atom. The van der Waals surface area contributed by atoms with Crippen molar-refractivity contribution in [1.29, 1.82) is 0 Å². The average Bonchev–Trinajstić information content (AvgIpc) is 3.59. The van der Waals surface area contributed by atoms with Crippen LogP contribution in [0.1, 0.15) is 12.8 Å². The number of fused-ring (bicyclic) bond motifs is 1. The third-order valence-corrected chi connectivity index (χ3v) is 9.78. The van der Waals surface area contributed by atoms with Crippen molar-refractivity contribution in [2.24, 2.45) is 4.99 Å². The maximum absolute atomic E-state index is 13.2. The zero-order valence-corrected chi connectivity index (χ0v) is 21.2. The Balaban J connectivity index is 1.79. The summed E-state index contributed by atoms with van der Waals surface area (Å²) in [7, 11) is 0.485. The van der Waals surface area contributed by atoms with E-state index >= 15 is 0 Å². The van der Waals surface area contributed by atoms with E-state index in [2.05, 4.69) is 4.99 Å². The molecule has 0 aliphatic carbocycles. The predicted octanol–water partition coefficient (Wildman–Crippen LogP) is 2.24. The molecule has 0 spiro atoms. The number of carbonyl (C=O) groups is 2. The summed E-state index contributed by atoms with van der Waals surface area (Å²) in [4.78, 5) is 29.9. The Labute approximate surface area is 204 Å². The number of carbonyl (C=O) groups excluding carboxylic acids is 2. The highest BCUT2D eigenvalue weighted by molar-refractivity contribution is 7.91. The molecule has 3 aromatic rings. The van der Waals surface area contributed by atoms with E-state index in [9.17, 15) is 18.0 Å². The minimum Gasteiger partial charge on any atom is -0.493 e. The molecule has 10 nitrogen and oxygen atoms in total. The Kier molecular flexibility index (Phi) is 7.07. The number of aromatic nitrogens is 1. The molecule has 1 aliphatic rings. The molecule has 2 aromatic heterocycles. The van der Waals surface area contributed by atoms with E-state index < -0.39 is 27.9 Å². The molecule has 1 atom stereocenters. The highest BCUT2D eigenvalue weighted by Crippen LogP contribution is 2.34. The minimum atomic E-state index is -3.80. The fourth-order valence-electron chi connectivity index (χ4n) is 3.80. The summed E-state index contributed by atoms with van der Waals surface area (Å²) in [5.74, 6) is -0.162. The summed E-state index contributed by atoms with van der Waals surface area (Å²) in [5, 5.41) is 1.68. The van der Waals surface area contributed by atoms with Gasteiger partial charge in [0.15, 0.2) is 16.3 Å². The Hall–Kier alpha value is -2.74. The standard InChI is InChI=1S/C21H23N3O7S3/c1-29-15-10-14-17(11-16(15)30-2)33-21(23(14)12-18(25)31-3)22-20(26)13-6-4-8-24(13)34(27,28)19-7-5-9-32-19/h5,7,9-11,13H,4,6,8,12H2,1-3H3. The number of thiazole rings is 1. The minimum absolute atomic E-state index is 0.181. The molecule has 1 saturated heterocycles. The molecule has 34 heavy (non-hydrogen) atoms. The lowest BCUT2D eigenvalue weighted by Crippen LogP contribution is -2.40. The molecule has 13 heteroatoms. The normalized spacial score (nSPS) is 17.3. The molecule has 1 aromatic carbocycles. The van der Waals surface area contributed by atoms with Gasteiger partial charge in [-0.3, -0.25) is 9.59 Å². The number of nitrogens with zero attached hydrogens (tertiary/aromatic N) is 3. The van der Waals surface area contributed by atoms with Crippen molar-refractivity contribution < 1.29 is 32.2 Å². The molecule has 1 aliphatic heterocycles. The van der Waals surface area contributed by atoms with Gasteiger partial charge in [-0.1, -0.05) is 17.4 Å². The van der Waals surface area contributed by atoms with Crippen LogP contribution in [0.25, 0.3) is 10.2 Å². The molecule has 1 amide bonds. The maximum Gasteiger partial charge on any atom is 0.325 e. The lowest BCUT2D eigenvalue weighted by atomic mass is 10.2. The lowest BCUT2D eigenvalue weighted by Gasteiger charge is -2.20. The van der Waals surface area contributed by atoms with Gasteiger partial charge in [0.2, 0.25) is 0 Å². The number of sulfonamides is 1. The van der Waals surface area contributed by atoms with Crippen LogP contribution in [-0.2, 0) is 30.9 Å². The zero-order valence-electron chi connectivity index (χ0n) is 18.7. The van der Waals surface area contributed by atoms with Gasteiger partial charge in [0.25, 0.3) is 15.9 Å². The van der Waals surface area contributed by atoms with E-state index in [1.165, 1.54) is 43.0 Å². The fraction of sp³-hybridized carbons (Fsp3) is 0.381. The molecule has 3 heterocycles. The van der Waals surface area contributed by atoms with Crippen LogP contribution < -0.4 is 14.3 Å². The maximum atomic E-state index is 13.2. The number of hydrogen-bond donors (Lipinski definition) is 0. The van der Waals surface area contributed by atoms with Gasteiger partial charge in [-0.15, -0.1) is 11.3 Å². The van der Waals surface area contributed by atoms with E-state index in [1.807, 2.05) is 0 Å². The molecule has 182 valence electrons. The molecule has 4 rings (SSSR count). The topological polar surface area (TPSA) is 116 Å². The number of rotatable bonds is 7. The molecule has 1 unspecified atom stereocenters. The van der Waals surface area contributed by atoms with Crippen LogP contribution in [0.5, 0.6) is 11.5 Å². The fourth-order valence-corrected chi connectivity index (χ4v) is 7.61. The van der Waals surface area contributed by atoms with Crippen LogP contribution >= 0.6 is 22.7 Å². The summed E-state index contributed by atoms with van der Waals surface area (Å²) in [6.45, 7) is 0.0646. The van der Waals surface area contributed by atoms with Crippen LogP contribution in [0.4, 0.5) is 0 Å². The number of esters is 1. The molecule has 0 N–H and O–H groups in total. The van der Waals surface area contributed by atoms with E-state index in [0.29, 0.717) is 34.6 Å². The van der Waals surface area contributed by atoms with Crippen molar-refractivity contribution in [2.45, 2.75) is 29.6 Å². The largest absolute Gasteiger partial charge is 0.493 e. The first kappa shape index (κ1) is 24.4. The van der Waals surface area contributed by atoms with Crippen LogP contribution in [0.15, 0.2) is 38.8 Å². The predicted molar refractivity (Wildman–Crippen MR) is 127 cm³/mol. The second-order valence-corrected chi connectivity index (χ2v) is 11.5. The Morgan fingerprint density at radius 2 is 1.91 bits per heavy atom. The smallest absolute Gasteiger partial charge is 0.325 e. The summed E-state index contributed by atoms with van der Waals surface area (Å²) in [6.07, 6.45) is 0.927. The number of hydrogen-bond acceptors (Lipinski definition) is 9. The summed E-state index contributed by atoms with van der Waals surface area (Å²) >= 11 is 2.29. The molecule has 0 radical (unpaired) electrons. The van der Waals surface area contributed by atoms with Gasteiger partial charge in [-0.05, 0) is 24.3 Å². The van der Waals surface area contributed by atoms with E-state index in [4.69, 9.17) is 14.2 Å². The first-order valence-corrected chi connectivity index (χ1v) is 13.4. The third-order valence-electron chi connectivity index (χ3n) is 5.46. The van der Waals surface area contributed by atoms with Gasteiger partial charge in [0.1, 0.15) is 16.8 Å². The quantitative estimate of drug-likeness (QED) is 0.434. The Morgan fingerprint density at radius 1 is 1.18 bits per heavy atom. The molecular weight excluding hydrogens is 502 g/mol. The lowest BCUT2D eigenvalue weighted by molar-refractivity contribution is -0.141. The summed E-state index contributed by atoms with van der Waals surface area (Å²) in [5.41, 5.74) is 0.606. The Bertz CT molecular complexity index is 1390. The number of amides is 1. The number of methoxy groups -OCH3 is 3. The van der Waals surface area contributed by atoms with Crippen molar-refractivity contribution in [3.8, 4) is 11.5 Å². The number of ether oxygens (including phenoxy) is 3. The van der Waals surface area contributed by atoms with Gasteiger partial charge >= 0.3 is 5.97 Å². The molecule has 1 fully saturated rings. The monoisotopic (exact) mass is 525 g/mol. The number of benzene rings is 1. The van der Waals surface area contributed by atoms with Crippen molar-refractivity contribution in [2.75, 3.05) is 27.9 Å². The first-order valence-electron chi connectivity index (χ1n) is 10.3. The van der Waals surface area contributed by atoms with Gasteiger partial charge in [0, 0.05) is 18.7 Å². The van der Waals surface area contributed by atoms with Crippen molar-refractivity contribution in [3.63, 3.8) is 0 Å². The first-order chi connectivity index (χ1) is 16.3. The van der Waals surface area contributed by atoms with Gasteiger partial charge < -0.3 is 18.8 Å². The van der Waals surface area contributed by atoms with Crippen LogP contribution in [0.3, 0.4) is 0 Å². The highest BCUT2D eigenvalue weighted by atomic mass is 32.2.